The summed E-state index contributed by atoms with van der Waals surface area (Å²) in [6.45, 7) is 26.5. The zero-order valence-corrected chi connectivity index (χ0v) is 83.7. The fourth-order valence-electron chi connectivity index (χ4n) is 9.33. The fourth-order valence-corrected chi connectivity index (χ4v) is 13.8. The van der Waals surface area contributed by atoms with Gasteiger partial charge in [0.05, 0.1) is 82.2 Å². The predicted molar refractivity (Wildman–Crippen MR) is 522 cm³/mol. The van der Waals surface area contributed by atoms with Gasteiger partial charge in [0.2, 0.25) is 20.7 Å². The number of carbonyl (C=O) groups excluding carboxylic acids is 2. The average Bonchev–Trinajstić information content (AvgIpc) is 1.40. The number of hydrogen-bond donors (Lipinski definition) is 6. The van der Waals surface area contributed by atoms with Crippen LogP contribution in [0.5, 0.6) is 0 Å². The molecule has 2 unspecified atom stereocenters. The number of rotatable bonds is 20. The van der Waals surface area contributed by atoms with E-state index in [4.69, 9.17) is 9.66 Å². The maximum Gasteiger partial charge on any atom is 0.265 e. The molecular formula is C81H104BrF10N9O11P2S11. The van der Waals surface area contributed by atoms with Crippen LogP contribution in [0.2, 0.25) is 0 Å². The van der Waals surface area contributed by atoms with E-state index < -0.39 is 161 Å². The van der Waals surface area contributed by atoms with Gasteiger partial charge in [0.1, 0.15) is 74.7 Å². The van der Waals surface area contributed by atoms with Crippen LogP contribution < -0.4 is 36.1 Å². The van der Waals surface area contributed by atoms with Crippen LogP contribution in [0, 0.1) is 58.2 Å². The van der Waals surface area contributed by atoms with Crippen LogP contribution in [-0.4, -0.2) is 98.8 Å². The number of amides is 1. The smallest absolute Gasteiger partial charge is 0.265 e. The van der Waals surface area contributed by atoms with E-state index in [2.05, 4.69) is 50.2 Å². The van der Waals surface area contributed by atoms with Gasteiger partial charge >= 0.3 is 0 Å². The van der Waals surface area contributed by atoms with Crippen LogP contribution in [0.4, 0.5) is 43.9 Å². The Hall–Kier alpha value is -6.25. The molecule has 2 heterocycles. The highest BCUT2D eigenvalue weighted by molar-refractivity contribution is 9.10. The molecule has 0 spiro atoms. The zero-order valence-electron chi connectivity index (χ0n) is 70.1. The molecule has 0 radical (unpaired) electrons. The largest absolute Gasteiger partial charge is 0.341 e. The van der Waals surface area contributed by atoms with Crippen LogP contribution in [0.15, 0.2) is 202 Å². The van der Waals surface area contributed by atoms with E-state index in [1.807, 2.05) is 65.8 Å². The van der Waals surface area contributed by atoms with E-state index in [-0.39, 0.29) is 144 Å². The van der Waals surface area contributed by atoms with Crippen LogP contribution in [0.3, 0.4) is 0 Å². The highest BCUT2D eigenvalue weighted by Gasteiger charge is 2.31. The highest BCUT2D eigenvalue weighted by Crippen LogP contribution is 2.42. The number of aromatic nitrogens is 4. The Kier molecular flexibility index (Phi) is 54.1. The van der Waals surface area contributed by atoms with E-state index in [0.717, 1.165) is 71.0 Å². The number of nitrogens with zero attached hydrogens (tertiary/aromatic N) is 4. The first-order valence-corrected chi connectivity index (χ1v) is 44.9. The summed E-state index contributed by atoms with van der Waals surface area (Å²) >= 11 is 3.35. The maximum atomic E-state index is 14.6. The number of carbonyl (C=O) groups is 2. The van der Waals surface area contributed by atoms with Gasteiger partial charge in [-0.25, -0.2) is 79.8 Å². The Balaban J connectivity index is -0.00000150. The molecule has 0 fully saturated rings. The van der Waals surface area contributed by atoms with Crippen LogP contribution in [-0.2, 0) is 57.6 Å². The molecule has 0 bridgehead atoms. The normalized spacial score (nSPS) is 13.6. The number of aromatic amines is 1. The Morgan fingerprint density at radius 2 is 0.912 bits per heavy atom. The summed E-state index contributed by atoms with van der Waals surface area (Å²) in [7, 11) is -12.0. The van der Waals surface area contributed by atoms with Gasteiger partial charge in [-0.15, -0.1) is 0 Å². The summed E-state index contributed by atoms with van der Waals surface area (Å²) in [5.74, 6) is -8.08. The van der Waals surface area contributed by atoms with Gasteiger partial charge in [-0.3, -0.25) is 33.6 Å². The Bertz CT molecular complexity index is 5410. The number of benzene rings is 8. The van der Waals surface area contributed by atoms with Crippen LogP contribution in [0.25, 0.3) is 5.95 Å². The van der Waals surface area contributed by atoms with E-state index in [9.17, 15) is 89.1 Å². The number of hydrogen-bond acceptors (Lipinski definition) is 12. The molecule has 0 saturated carbocycles. The van der Waals surface area contributed by atoms with Crippen molar-refractivity contribution in [2.24, 2.45) is 9.54 Å². The van der Waals surface area contributed by atoms with Crippen molar-refractivity contribution in [3.63, 3.8) is 0 Å². The van der Waals surface area contributed by atoms with Gasteiger partial charge in [-0.05, 0) is 192 Å². The summed E-state index contributed by atoms with van der Waals surface area (Å²) < 4.78 is 220. The summed E-state index contributed by atoms with van der Waals surface area (Å²) in [6, 6.07) is 34.2. The third-order valence-electron chi connectivity index (χ3n) is 15.9. The Morgan fingerprint density at radius 3 is 1.24 bits per heavy atom. The number of nitrogens with two attached hydrogens (primary N) is 1. The molecule has 9 atom stereocenters. The molecule has 2 aromatic heterocycles. The van der Waals surface area contributed by atoms with Crippen molar-refractivity contribution >= 4 is 198 Å². The standard InChI is InChI=1S/C22H18F2N5O4P.C20H26F2NO3PS.C17H18BrF2NOS.C11H13F2NOS.C7H4F2O.C4H11NOS.7H2S/c1-34(32,33)15-6-3-13(4-7-15)19(16-8-5-14(23)11-18(16)24)27-20(30)17-12-25-22(28-21(17)31)29-10-2-9-26-29;1-6-26-27(5,24)16-10-7-14(8-11-16)19(23-28(25)20(2,3)4)17-12-9-15(21)13-18(17)22;1-17(2,3)23(22)21-16(11-4-6-12(18)7-5-11)14-9-8-13(19)10-15(14)20;1-11(2,3)16(15)14-7-8-4-5-9(12)6-10(8)13;8-6-2-1-5(4-10)7(9)3-6;1-4(2,3)7(5)6;;;;;;;/h2-12,19H,1H3,(H,27,30)(H,32,33)(H,25,28,31);7-13,19,23H,6H2,1-5H3;4-10,16,21H,1-3H3;4-7H,1-3H3;1-4H;5H2,1-3H3;7*1H2/t19-;19-,27?,28-;16-,23-;16-;;7-;;;;;;;/m0000.0......./s1. The van der Waals surface area contributed by atoms with Crippen molar-refractivity contribution in [2.45, 2.75) is 127 Å². The topological polar surface area (TPSA) is 304 Å². The van der Waals surface area contributed by atoms with Crippen LogP contribution in [0.1, 0.15) is 168 Å². The maximum absolute atomic E-state index is 14.6. The van der Waals surface area contributed by atoms with Gasteiger partial charge in [0, 0.05) is 106 Å². The molecular weight excluding hydrogens is 1960 g/mol. The molecule has 0 aliphatic carbocycles. The molecule has 125 heavy (non-hydrogen) atoms. The summed E-state index contributed by atoms with van der Waals surface area (Å²) in [6.07, 6.45) is 5.61. The third kappa shape index (κ3) is 39.5. The number of H-pyrrole nitrogens is 1. The van der Waals surface area contributed by atoms with E-state index in [1.165, 1.54) is 78.8 Å². The van der Waals surface area contributed by atoms with Gasteiger partial charge < -0.3 is 14.7 Å². The van der Waals surface area contributed by atoms with Crippen molar-refractivity contribution in [3.05, 3.63) is 312 Å². The molecule has 44 heteroatoms. The van der Waals surface area contributed by atoms with Crippen molar-refractivity contribution in [1.82, 2.24) is 34.5 Å². The molecule has 20 nitrogen and oxygen atoms in total. The van der Waals surface area contributed by atoms with Gasteiger partial charge in [0.25, 0.3) is 11.5 Å². The second-order valence-corrected chi connectivity index (χ2v) is 42.9. The zero-order chi connectivity index (χ0) is 88.8. The first kappa shape index (κ1) is 123. The summed E-state index contributed by atoms with van der Waals surface area (Å²) in [5, 5.41) is 12.2. The average molecular weight is 2060 g/mol. The Labute approximate surface area is 788 Å². The predicted octanol–water partition coefficient (Wildman–Crippen LogP) is 17.6. The minimum atomic E-state index is -3.54. The number of halogens is 11. The van der Waals surface area contributed by atoms with Crippen molar-refractivity contribution in [1.29, 1.82) is 0 Å². The van der Waals surface area contributed by atoms with E-state index in [1.54, 1.807) is 85.0 Å². The fraction of sp³-hybridized carbons (Fsp3) is 0.284. The molecule has 692 valence electrons. The van der Waals surface area contributed by atoms with Crippen LogP contribution >= 0.6 is 125 Å². The van der Waals surface area contributed by atoms with Gasteiger partial charge in [-0.2, -0.15) is 104 Å². The van der Waals surface area contributed by atoms with Gasteiger partial charge in [0.15, 0.2) is 6.29 Å². The summed E-state index contributed by atoms with van der Waals surface area (Å²) in [5.41, 5.74) is 0.979. The minimum Gasteiger partial charge on any atom is -0.341 e. The second kappa shape index (κ2) is 55.0. The molecule has 10 aromatic rings. The second-order valence-electron chi connectivity index (χ2n) is 29.5. The highest BCUT2D eigenvalue weighted by atomic mass is 79.9. The SMILES string of the molecule is CC(C)(C)[S@@](N)=O.CC(C)(C)[S@](=O)N=Cc1ccc(F)cc1F.CC(C)(C)[S@](=O)N[C@@H](c1ccc(Br)cc1)c1ccc(F)cc1F.CCOP(C)(=O)c1ccc([C@H](N[S@@](=O)C(C)(C)C)c2ccc(F)cc2F)cc1.CP(=O)(O)c1ccc([C@H](NC(=O)c2cnc(-n3cccn3)[nH]c2=O)c2ccc(F)cc2F)cc1.O=Cc1ccc(F)cc1F.S.S.S.S.S.S.S. The summed E-state index contributed by atoms with van der Waals surface area (Å²) in [4.78, 5) is 51.7. The first-order chi connectivity index (χ1) is 54.7. The molecule has 0 aliphatic rings. The lowest BCUT2D eigenvalue weighted by Gasteiger charge is -2.25. The van der Waals surface area contributed by atoms with Crippen molar-refractivity contribution in [3.8, 4) is 5.95 Å². The third-order valence-corrected chi connectivity index (χ3v) is 25.3. The molecule has 0 aliphatic heterocycles. The first-order valence-electron chi connectivity index (χ1n) is 35.3. The lowest BCUT2D eigenvalue weighted by molar-refractivity contribution is 0.0940. The monoisotopic (exact) mass is 2060 g/mol. The molecule has 0 saturated heterocycles. The quantitative estimate of drug-likeness (QED) is 0.0179. The van der Waals surface area contributed by atoms with E-state index >= 15 is 0 Å². The van der Waals surface area contributed by atoms with Gasteiger partial charge in [-0.1, -0.05) is 70.5 Å². The lowest BCUT2D eigenvalue weighted by Crippen LogP contribution is -2.36. The minimum absolute atomic E-state index is 0. The number of nitrogens with one attached hydrogen (secondary N) is 4. The molecule has 8 aromatic carbocycles. The van der Waals surface area contributed by atoms with E-state index in [0.29, 0.717) is 41.5 Å². The molecule has 1 amide bonds. The molecule has 10 rings (SSSR count). The lowest BCUT2D eigenvalue weighted by atomic mass is 9.97. The molecule has 7 N–H and O–H groups in total. The van der Waals surface area contributed by atoms with Crippen molar-refractivity contribution in [2.75, 3.05) is 19.9 Å². The van der Waals surface area contributed by atoms with Crippen molar-refractivity contribution < 1.29 is 88.9 Å². The Morgan fingerprint density at radius 1 is 0.552 bits per heavy atom. The number of aldehydes is 1.